The Kier molecular flexibility index (Phi) is 15.3. The number of hydrogen-bond donors (Lipinski definition) is 3. The summed E-state index contributed by atoms with van der Waals surface area (Å²) in [5, 5.41) is 15.5. The molecule has 4 rings (SSSR count). The first-order chi connectivity index (χ1) is 20.5. The van der Waals surface area contributed by atoms with Crippen LogP contribution < -0.4 is 10.6 Å². The van der Waals surface area contributed by atoms with E-state index in [9.17, 15) is 14.7 Å². The van der Waals surface area contributed by atoms with E-state index in [1.807, 2.05) is 53.2 Å². The molecule has 0 aliphatic rings. The molecular formula is C34H44BrClN4O3. The number of fused-ring (bicyclic) bond motifs is 1. The first-order valence-electron chi connectivity index (χ1n) is 14.8. The molecule has 0 unspecified atom stereocenters. The highest BCUT2D eigenvalue weighted by atomic mass is 79.9. The summed E-state index contributed by atoms with van der Waals surface area (Å²) in [5.41, 5.74) is 4.00. The molecule has 0 fully saturated rings. The number of hydrogen-bond acceptors (Lipinski definition) is 4. The van der Waals surface area contributed by atoms with Crippen molar-refractivity contribution in [3.05, 3.63) is 87.6 Å². The van der Waals surface area contributed by atoms with Crippen molar-refractivity contribution in [3.63, 3.8) is 0 Å². The molecule has 43 heavy (non-hydrogen) atoms. The van der Waals surface area contributed by atoms with E-state index in [4.69, 9.17) is 16.6 Å². The molecule has 0 saturated heterocycles. The molecule has 0 spiro atoms. The van der Waals surface area contributed by atoms with Crippen molar-refractivity contribution in [2.45, 2.75) is 73.3 Å². The summed E-state index contributed by atoms with van der Waals surface area (Å²) in [7, 11) is 0. The van der Waals surface area contributed by atoms with Gasteiger partial charge in [0, 0.05) is 36.5 Å². The number of pyridine rings is 1. The quantitative estimate of drug-likeness (QED) is 0.166. The van der Waals surface area contributed by atoms with Gasteiger partial charge in [-0.1, -0.05) is 90.3 Å². The number of nitrogens with zero attached hydrogens (tertiary/aromatic N) is 2. The zero-order valence-corrected chi connectivity index (χ0v) is 28.3. The third-order valence-electron chi connectivity index (χ3n) is 6.40. The number of aromatic hydroxyl groups is 1. The van der Waals surface area contributed by atoms with Gasteiger partial charge in [-0.2, -0.15) is 0 Å². The lowest BCUT2D eigenvalue weighted by Crippen LogP contribution is -2.44. The second-order valence-electron chi connectivity index (χ2n) is 10.6. The summed E-state index contributed by atoms with van der Waals surface area (Å²) in [6.45, 7) is 13.0. The van der Waals surface area contributed by atoms with Crippen molar-refractivity contribution in [3.8, 4) is 17.0 Å². The lowest BCUT2D eigenvalue weighted by Gasteiger charge is -2.20. The van der Waals surface area contributed by atoms with Crippen LogP contribution in [0.2, 0.25) is 5.02 Å². The number of phenols is 1. The van der Waals surface area contributed by atoms with Crippen LogP contribution in [-0.4, -0.2) is 38.9 Å². The van der Waals surface area contributed by atoms with Crippen LogP contribution in [0.5, 0.6) is 5.75 Å². The fourth-order valence-electron chi connectivity index (χ4n) is 3.67. The third-order valence-corrected chi connectivity index (χ3v) is 7.32. The zero-order chi connectivity index (χ0) is 31.9. The number of benzene rings is 2. The highest BCUT2D eigenvalue weighted by Crippen LogP contribution is 2.25. The third kappa shape index (κ3) is 11.7. The number of aromatic nitrogens is 2. The first kappa shape index (κ1) is 35.8. The minimum atomic E-state index is -0.345. The molecular weight excluding hydrogens is 628 g/mol. The molecule has 232 valence electrons. The fourth-order valence-corrected chi connectivity index (χ4v) is 4.29. The molecule has 1 atom stereocenters. The Morgan fingerprint density at radius 1 is 1.05 bits per heavy atom. The Balaban J connectivity index is 0.000000719. The number of amides is 2. The van der Waals surface area contributed by atoms with Gasteiger partial charge >= 0.3 is 0 Å². The van der Waals surface area contributed by atoms with E-state index in [1.54, 1.807) is 6.92 Å². The highest BCUT2D eigenvalue weighted by Gasteiger charge is 2.17. The van der Waals surface area contributed by atoms with Crippen molar-refractivity contribution >= 4 is 45.0 Å². The number of nitrogens with one attached hydrogen (secondary N) is 2. The lowest BCUT2D eigenvalue weighted by atomic mass is 10.0. The summed E-state index contributed by atoms with van der Waals surface area (Å²) < 4.78 is 2.88. The number of rotatable bonds is 9. The smallest absolute Gasteiger partial charge is 0.251 e. The van der Waals surface area contributed by atoms with E-state index in [-0.39, 0.29) is 35.2 Å². The second-order valence-corrected chi connectivity index (χ2v) is 11.9. The molecule has 2 aromatic carbocycles. The maximum atomic E-state index is 12.8. The van der Waals surface area contributed by atoms with Crippen LogP contribution >= 0.6 is 27.5 Å². The van der Waals surface area contributed by atoms with Gasteiger partial charge in [0.25, 0.3) is 5.91 Å². The van der Waals surface area contributed by atoms with Gasteiger partial charge < -0.3 is 20.1 Å². The topological polar surface area (TPSA) is 95.7 Å². The molecule has 4 aromatic rings. The largest absolute Gasteiger partial charge is 0.506 e. The second kappa shape index (κ2) is 18.3. The predicted molar refractivity (Wildman–Crippen MR) is 181 cm³/mol. The Bertz CT molecular complexity index is 1450. The molecule has 0 aliphatic heterocycles. The van der Waals surface area contributed by atoms with Crippen LogP contribution in [0.3, 0.4) is 0 Å². The van der Waals surface area contributed by atoms with E-state index in [0.717, 1.165) is 32.9 Å². The molecule has 0 radical (unpaired) electrons. The van der Waals surface area contributed by atoms with E-state index in [2.05, 4.69) is 61.2 Å². The molecule has 0 aliphatic carbocycles. The van der Waals surface area contributed by atoms with Crippen molar-refractivity contribution in [1.82, 2.24) is 20.0 Å². The summed E-state index contributed by atoms with van der Waals surface area (Å²) in [5.74, 6) is 0.364. The van der Waals surface area contributed by atoms with Gasteiger partial charge in [0.05, 0.1) is 21.2 Å². The van der Waals surface area contributed by atoms with Gasteiger partial charge in [-0.05, 0) is 64.2 Å². The normalized spacial score (nSPS) is 11.2. The number of imidazole rings is 1. The van der Waals surface area contributed by atoms with Crippen LogP contribution in [-0.2, 0) is 11.2 Å². The van der Waals surface area contributed by atoms with Crippen molar-refractivity contribution < 1.29 is 14.7 Å². The Morgan fingerprint density at radius 3 is 2.26 bits per heavy atom. The van der Waals surface area contributed by atoms with Crippen LogP contribution in [0.15, 0.2) is 71.5 Å². The molecule has 2 heterocycles. The van der Waals surface area contributed by atoms with Crippen molar-refractivity contribution in [2.75, 3.05) is 6.54 Å². The fraction of sp³-hybridized carbons (Fsp3) is 0.382. The number of phenolic OH excluding ortho intramolecular Hbond substituents is 1. The van der Waals surface area contributed by atoms with Crippen LogP contribution in [0.4, 0.5) is 0 Å². The Labute approximate surface area is 269 Å². The average molecular weight is 672 g/mol. The molecule has 0 saturated carbocycles. The highest BCUT2D eigenvalue weighted by molar-refractivity contribution is 9.10. The summed E-state index contributed by atoms with van der Waals surface area (Å²) in [6.07, 6.45) is 7.35. The van der Waals surface area contributed by atoms with Gasteiger partial charge in [-0.25, -0.2) is 4.98 Å². The molecule has 2 amide bonds. The maximum Gasteiger partial charge on any atom is 0.251 e. The Morgan fingerprint density at radius 2 is 1.70 bits per heavy atom. The molecule has 9 heteroatoms. The van der Waals surface area contributed by atoms with Crippen molar-refractivity contribution in [1.29, 1.82) is 0 Å². The maximum absolute atomic E-state index is 12.8. The van der Waals surface area contributed by atoms with Crippen molar-refractivity contribution in [2.24, 2.45) is 5.92 Å². The summed E-state index contributed by atoms with van der Waals surface area (Å²) >= 11 is 9.48. The van der Waals surface area contributed by atoms with Crippen LogP contribution in [0.25, 0.3) is 16.9 Å². The minimum absolute atomic E-state index is 0.0898. The van der Waals surface area contributed by atoms with Gasteiger partial charge in [-0.3, -0.25) is 9.59 Å². The SMILES string of the molecule is CCC.CCC(=O)NC[C@H](Cc1ccc(-c2cn3cccc(Br)c3n2)cc1)NC(=O)c1ccc(O)c(Cl)c1.CCC(C)C. The van der Waals surface area contributed by atoms with E-state index >= 15 is 0 Å². The number of carbonyl (C=O) groups excluding carboxylic acids is 2. The van der Waals surface area contributed by atoms with Gasteiger partial charge in [-0.15, -0.1) is 0 Å². The van der Waals surface area contributed by atoms with Crippen LogP contribution in [0, 0.1) is 5.92 Å². The molecule has 2 aromatic heterocycles. The molecule has 7 nitrogen and oxygen atoms in total. The number of carbonyl (C=O) groups is 2. The van der Waals surface area contributed by atoms with Gasteiger partial charge in [0.2, 0.25) is 5.91 Å². The summed E-state index contributed by atoms with van der Waals surface area (Å²) in [6, 6.07) is 15.8. The first-order valence-corrected chi connectivity index (χ1v) is 16.0. The molecule has 3 N–H and O–H groups in total. The minimum Gasteiger partial charge on any atom is -0.506 e. The number of halogens is 2. The van der Waals surface area contributed by atoms with E-state index in [0.29, 0.717) is 18.4 Å². The van der Waals surface area contributed by atoms with E-state index in [1.165, 1.54) is 31.0 Å². The van der Waals surface area contributed by atoms with E-state index < -0.39 is 0 Å². The average Bonchev–Trinajstić information content (AvgIpc) is 3.44. The van der Waals surface area contributed by atoms with Gasteiger partial charge in [0.1, 0.15) is 5.75 Å². The zero-order valence-electron chi connectivity index (χ0n) is 26.0. The summed E-state index contributed by atoms with van der Waals surface area (Å²) in [4.78, 5) is 29.3. The lowest BCUT2D eigenvalue weighted by molar-refractivity contribution is -0.120. The Hall–Kier alpha value is -3.36. The molecule has 0 bridgehead atoms. The van der Waals surface area contributed by atoms with Crippen LogP contribution in [0.1, 0.15) is 76.7 Å². The predicted octanol–water partition coefficient (Wildman–Crippen LogP) is 8.46. The standard InChI is InChI=1S/C26H24BrClN4O3.C5H12.C3H8/c1-2-24(34)29-14-19(30-26(35)18-9-10-23(33)21(28)13-18)12-16-5-7-17(8-6-16)22-15-32-11-3-4-20(27)25(32)31-22;1-4-5(2)3;1-3-2/h3-11,13,15,19,33H,2,12,14H2,1H3,(H,29,34)(H,30,35);5H,4H2,1-3H3;3H2,1-2H3/t19-;;/m0../s1. The van der Waals surface area contributed by atoms with Gasteiger partial charge in [0.15, 0.2) is 5.65 Å². The monoisotopic (exact) mass is 670 g/mol.